The fourth-order valence-electron chi connectivity index (χ4n) is 1.81. The molecule has 0 bridgehead atoms. The highest BCUT2D eigenvalue weighted by Crippen LogP contribution is 2.29. The zero-order valence-corrected chi connectivity index (χ0v) is 11.8. The van der Waals surface area contributed by atoms with Gasteiger partial charge in [0.1, 0.15) is 5.69 Å². The van der Waals surface area contributed by atoms with Gasteiger partial charge in [0.05, 0.1) is 10.6 Å². The Labute approximate surface area is 121 Å². The van der Waals surface area contributed by atoms with Crippen molar-refractivity contribution >= 4 is 11.6 Å². The summed E-state index contributed by atoms with van der Waals surface area (Å²) in [6.45, 7) is 4.17. The van der Waals surface area contributed by atoms with Gasteiger partial charge in [-0.1, -0.05) is 37.6 Å². The van der Waals surface area contributed by atoms with E-state index in [-0.39, 0.29) is 0 Å². The van der Waals surface area contributed by atoms with Crippen LogP contribution in [-0.4, -0.2) is 20.4 Å². The Kier molecular flexibility index (Phi) is 3.28. The number of aromatic amines is 1. The number of H-pyrrole nitrogens is 1. The van der Waals surface area contributed by atoms with Crippen LogP contribution in [0.3, 0.4) is 0 Å². The zero-order valence-electron chi connectivity index (χ0n) is 11.1. The van der Waals surface area contributed by atoms with Crippen LogP contribution in [0.1, 0.15) is 25.5 Å². The lowest BCUT2D eigenvalue weighted by atomic mass is 10.1. The summed E-state index contributed by atoms with van der Waals surface area (Å²) in [7, 11) is 0. The minimum atomic E-state index is 0.363. The Morgan fingerprint density at radius 2 is 1.90 bits per heavy atom. The summed E-state index contributed by atoms with van der Waals surface area (Å²) < 4.78 is 5.64. The number of hydrogen-bond acceptors (Lipinski definition) is 4. The molecule has 0 aliphatic rings. The van der Waals surface area contributed by atoms with Gasteiger partial charge in [-0.25, -0.2) is 0 Å². The summed E-state index contributed by atoms with van der Waals surface area (Å²) in [5.74, 6) is 1.13. The molecule has 102 valence electrons. The maximum atomic E-state index is 6.11. The van der Waals surface area contributed by atoms with Crippen molar-refractivity contribution < 1.29 is 4.42 Å². The second kappa shape index (κ2) is 5.09. The zero-order chi connectivity index (χ0) is 14.1. The van der Waals surface area contributed by atoms with Gasteiger partial charge in [0.2, 0.25) is 5.89 Å². The molecule has 0 amide bonds. The molecule has 1 aromatic carbocycles. The molecule has 0 aliphatic heterocycles. The van der Waals surface area contributed by atoms with Crippen LogP contribution in [0.5, 0.6) is 0 Å². The first kappa shape index (κ1) is 12.9. The van der Waals surface area contributed by atoms with E-state index < -0.39 is 0 Å². The van der Waals surface area contributed by atoms with Crippen LogP contribution in [0.2, 0.25) is 5.02 Å². The quantitative estimate of drug-likeness (QED) is 0.793. The highest BCUT2D eigenvalue weighted by atomic mass is 35.5. The van der Waals surface area contributed by atoms with Crippen LogP contribution in [0.25, 0.3) is 23.0 Å². The molecule has 0 unspecified atom stereocenters. The molecule has 0 radical (unpaired) electrons. The average molecular weight is 289 g/mol. The Morgan fingerprint density at radius 3 is 2.60 bits per heavy atom. The number of nitrogens with one attached hydrogen (secondary N) is 1. The number of nitrogens with zero attached hydrogens (tertiary/aromatic N) is 3. The molecule has 2 heterocycles. The highest BCUT2D eigenvalue weighted by Gasteiger charge is 2.15. The van der Waals surface area contributed by atoms with E-state index in [0.29, 0.717) is 34.0 Å². The van der Waals surface area contributed by atoms with Crippen molar-refractivity contribution in [2.45, 2.75) is 19.8 Å². The van der Waals surface area contributed by atoms with Crippen LogP contribution in [0, 0.1) is 0 Å². The van der Waals surface area contributed by atoms with Gasteiger partial charge in [0, 0.05) is 5.69 Å². The molecule has 0 spiro atoms. The number of hydrogen-bond donors (Lipinski definition) is 1. The third kappa shape index (κ3) is 2.32. The summed E-state index contributed by atoms with van der Waals surface area (Å²) in [6, 6.07) is 9.26. The Balaban J connectivity index is 1.96. The molecule has 20 heavy (non-hydrogen) atoms. The monoisotopic (exact) mass is 288 g/mol. The number of aromatic nitrogens is 4. The van der Waals surface area contributed by atoms with E-state index in [1.807, 2.05) is 24.3 Å². The number of benzene rings is 1. The van der Waals surface area contributed by atoms with Gasteiger partial charge in [-0.15, -0.1) is 10.2 Å². The van der Waals surface area contributed by atoms with Gasteiger partial charge in [0.15, 0.2) is 0 Å². The van der Waals surface area contributed by atoms with Gasteiger partial charge >= 0.3 is 0 Å². The van der Waals surface area contributed by atoms with Crippen molar-refractivity contribution in [2.24, 2.45) is 0 Å². The lowest BCUT2D eigenvalue weighted by Gasteiger charge is -1.96. The van der Waals surface area contributed by atoms with E-state index in [1.165, 1.54) is 0 Å². The molecule has 0 saturated heterocycles. The van der Waals surface area contributed by atoms with Gasteiger partial charge in [-0.05, 0) is 24.1 Å². The van der Waals surface area contributed by atoms with Crippen molar-refractivity contribution in [1.82, 2.24) is 20.4 Å². The van der Waals surface area contributed by atoms with Crippen molar-refractivity contribution in [3.05, 3.63) is 41.0 Å². The predicted octanol–water partition coefficient (Wildman–Crippen LogP) is 3.90. The minimum absolute atomic E-state index is 0.363. The maximum Gasteiger partial charge on any atom is 0.268 e. The molecular weight excluding hydrogens is 276 g/mol. The van der Waals surface area contributed by atoms with Crippen LogP contribution >= 0.6 is 11.6 Å². The molecule has 0 atom stereocenters. The van der Waals surface area contributed by atoms with Gasteiger partial charge < -0.3 is 4.42 Å². The molecule has 5 nitrogen and oxygen atoms in total. The molecule has 0 aliphatic carbocycles. The first-order valence-electron chi connectivity index (χ1n) is 6.29. The summed E-state index contributed by atoms with van der Waals surface area (Å²) in [4.78, 5) is 0. The SMILES string of the molecule is CC(C)c1cc(-c2nnc(-c3ccccc3Cl)o2)n[nH]1. The number of rotatable bonds is 3. The van der Waals surface area contributed by atoms with Gasteiger partial charge in [-0.3, -0.25) is 5.10 Å². The second-order valence-electron chi connectivity index (χ2n) is 4.76. The minimum Gasteiger partial charge on any atom is -0.414 e. The van der Waals surface area contributed by atoms with Crippen LogP contribution < -0.4 is 0 Å². The fourth-order valence-corrected chi connectivity index (χ4v) is 2.03. The highest BCUT2D eigenvalue weighted by molar-refractivity contribution is 6.33. The smallest absolute Gasteiger partial charge is 0.268 e. The van der Waals surface area contributed by atoms with E-state index in [1.54, 1.807) is 6.07 Å². The molecule has 3 aromatic rings. The van der Waals surface area contributed by atoms with Crippen LogP contribution in [0.4, 0.5) is 0 Å². The molecule has 3 rings (SSSR count). The van der Waals surface area contributed by atoms with E-state index >= 15 is 0 Å². The van der Waals surface area contributed by atoms with E-state index in [2.05, 4.69) is 34.2 Å². The fraction of sp³-hybridized carbons (Fsp3) is 0.214. The average Bonchev–Trinajstić information content (AvgIpc) is 3.08. The van der Waals surface area contributed by atoms with Crippen LogP contribution in [0.15, 0.2) is 34.7 Å². The molecular formula is C14H13ClN4O. The van der Waals surface area contributed by atoms with Crippen molar-refractivity contribution in [3.63, 3.8) is 0 Å². The summed E-state index contributed by atoms with van der Waals surface area (Å²) in [5.41, 5.74) is 2.38. The summed E-state index contributed by atoms with van der Waals surface area (Å²) in [5, 5.41) is 15.8. The largest absolute Gasteiger partial charge is 0.414 e. The second-order valence-corrected chi connectivity index (χ2v) is 5.16. The topological polar surface area (TPSA) is 67.6 Å². The molecule has 6 heteroatoms. The summed E-state index contributed by atoms with van der Waals surface area (Å²) in [6.07, 6.45) is 0. The lowest BCUT2D eigenvalue weighted by molar-refractivity contribution is 0.582. The van der Waals surface area contributed by atoms with Crippen molar-refractivity contribution in [3.8, 4) is 23.0 Å². The number of halogens is 1. The first-order chi connectivity index (χ1) is 9.65. The Morgan fingerprint density at radius 1 is 1.15 bits per heavy atom. The Bertz CT molecular complexity index is 732. The van der Waals surface area contributed by atoms with E-state index in [4.69, 9.17) is 16.0 Å². The Hall–Kier alpha value is -2.14. The van der Waals surface area contributed by atoms with Crippen molar-refractivity contribution in [2.75, 3.05) is 0 Å². The van der Waals surface area contributed by atoms with E-state index in [0.717, 1.165) is 5.69 Å². The third-order valence-corrected chi connectivity index (χ3v) is 3.30. The lowest BCUT2D eigenvalue weighted by Crippen LogP contribution is -1.85. The molecule has 0 fully saturated rings. The van der Waals surface area contributed by atoms with Crippen molar-refractivity contribution in [1.29, 1.82) is 0 Å². The molecule has 1 N–H and O–H groups in total. The normalized spacial score (nSPS) is 11.2. The predicted molar refractivity (Wildman–Crippen MR) is 76.4 cm³/mol. The van der Waals surface area contributed by atoms with E-state index in [9.17, 15) is 0 Å². The van der Waals surface area contributed by atoms with Crippen LogP contribution in [-0.2, 0) is 0 Å². The third-order valence-electron chi connectivity index (χ3n) is 2.97. The summed E-state index contributed by atoms with van der Waals surface area (Å²) >= 11 is 6.11. The maximum absolute atomic E-state index is 6.11. The van der Waals surface area contributed by atoms with Gasteiger partial charge in [-0.2, -0.15) is 5.10 Å². The van der Waals surface area contributed by atoms with Gasteiger partial charge in [0.25, 0.3) is 5.89 Å². The standard InChI is InChI=1S/C14H13ClN4O/c1-8(2)11-7-12(17-16-11)14-19-18-13(20-14)9-5-3-4-6-10(9)15/h3-8H,1-2H3,(H,16,17). The molecule has 0 saturated carbocycles. The first-order valence-corrected chi connectivity index (χ1v) is 6.67. The molecule has 2 aromatic heterocycles.